The molecule has 0 fully saturated rings. The molecule has 2 aromatic heterocycles. The summed E-state index contributed by atoms with van der Waals surface area (Å²) in [5.74, 6) is 0.744. The molecule has 2 aromatic rings. The normalized spacial score (nSPS) is 17.1. The number of ether oxygens (including phenoxy) is 2. The fourth-order valence-electron chi connectivity index (χ4n) is 4.39. The third-order valence-corrected chi connectivity index (χ3v) is 6.27. The molecule has 0 saturated heterocycles. The molecule has 2 unspecified atom stereocenters. The smallest absolute Gasteiger partial charge is 0.328 e. The van der Waals surface area contributed by atoms with Crippen LogP contribution < -0.4 is 15.5 Å². The van der Waals surface area contributed by atoms with E-state index in [4.69, 9.17) is 9.47 Å². The van der Waals surface area contributed by atoms with E-state index in [0.717, 1.165) is 24.0 Å². The standard InChI is InChI=1S/C27H31N7O4/c1-18(17-37-3)30-23-12-25(29-14-22(23)13-28)32-27(36)34-9-6-7-20-11-21(24(16-35)31-26(20)34)15-33-8-4-5-10-38-19(33)2/h4-5,8,10-12,14,16,18-19H,6-7,9,15,17H2,1-3H3,(H2,29,30,32,36). The van der Waals surface area contributed by atoms with Gasteiger partial charge in [0.25, 0.3) is 0 Å². The minimum Gasteiger partial charge on any atom is -0.478 e. The number of nitrogens with zero attached hydrogens (tertiary/aromatic N) is 5. The number of aldehydes is 1. The summed E-state index contributed by atoms with van der Waals surface area (Å²) < 4.78 is 10.8. The molecule has 11 nitrogen and oxygen atoms in total. The van der Waals surface area contributed by atoms with E-state index in [2.05, 4.69) is 26.7 Å². The van der Waals surface area contributed by atoms with E-state index >= 15 is 0 Å². The van der Waals surface area contributed by atoms with Gasteiger partial charge in [-0.15, -0.1) is 0 Å². The summed E-state index contributed by atoms with van der Waals surface area (Å²) >= 11 is 0. The largest absolute Gasteiger partial charge is 0.478 e. The van der Waals surface area contributed by atoms with E-state index in [9.17, 15) is 14.9 Å². The zero-order valence-corrected chi connectivity index (χ0v) is 21.7. The maximum absolute atomic E-state index is 13.3. The summed E-state index contributed by atoms with van der Waals surface area (Å²) in [6.07, 6.45) is 10.6. The molecule has 0 radical (unpaired) electrons. The molecule has 2 aliphatic rings. The second-order valence-electron chi connectivity index (χ2n) is 9.12. The molecule has 4 rings (SSSR count). The monoisotopic (exact) mass is 517 g/mol. The Hall–Kier alpha value is -4.43. The zero-order chi connectivity index (χ0) is 27.1. The molecule has 0 bridgehead atoms. The molecule has 198 valence electrons. The van der Waals surface area contributed by atoms with Crippen molar-refractivity contribution in [2.75, 3.05) is 35.8 Å². The first-order valence-corrected chi connectivity index (χ1v) is 12.4. The van der Waals surface area contributed by atoms with Gasteiger partial charge in [-0.25, -0.2) is 14.8 Å². The van der Waals surface area contributed by atoms with Crippen LogP contribution in [0.15, 0.2) is 42.9 Å². The minimum absolute atomic E-state index is 0.0530. The van der Waals surface area contributed by atoms with Crippen LogP contribution in [-0.4, -0.2) is 59.7 Å². The average molecular weight is 518 g/mol. The number of nitriles is 1. The molecule has 38 heavy (non-hydrogen) atoms. The lowest BCUT2D eigenvalue weighted by Gasteiger charge is -2.30. The number of fused-ring (bicyclic) bond motifs is 1. The van der Waals surface area contributed by atoms with Gasteiger partial charge in [0.2, 0.25) is 0 Å². The van der Waals surface area contributed by atoms with Crippen LogP contribution in [0.25, 0.3) is 0 Å². The van der Waals surface area contributed by atoms with Crippen molar-refractivity contribution in [2.45, 2.75) is 45.5 Å². The highest BCUT2D eigenvalue weighted by Gasteiger charge is 2.27. The number of allylic oxidation sites excluding steroid dienone is 2. The predicted octanol–water partition coefficient (Wildman–Crippen LogP) is 3.80. The highest BCUT2D eigenvalue weighted by molar-refractivity contribution is 6.01. The second kappa shape index (κ2) is 12.2. The number of amides is 2. The van der Waals surface area contributed by atoms with Gasteiger partial charge in [0.05, 0.1) is 24.1 Å². The molecule has 0 aromatic carbocycles. The number of pyridine rings is 2. The molecule has 2 aliphatic heterocycles. The summed E-state index contributed by atoms with van der Waals surface area (Å²) in [6, 6.07) is 5.20. The molecule has 11 heteroatoms. The van der Waals surface area contributed by atoms with Crippen LogP contribution in [-0.2, 0) is 22.4 Å². The van der Waals surface area contributed by atoms with Crippen molar-refractivity contribution in [3.8, 4) is 6.07 Å². The molecule has 0 aliphatic carbocycles. The highest BCUT2D eigenvalue weighted by atomic mass is 16.5. The van der Waals surface area contributed by atoms with E-state index < -0.39 is 6.03 Å². The van der Waals surface area contributed by atoms with Gasteiger partial charge in [-0.2, -0.15) is 5.26 Å². The van der Waals surface area contributed by atoms with Gasteiger partial charge in [0, 0.05) is 50.3 Å². The summed E-state index contributed by atoms with van der Waals surface area (Å²) in [7, 11) is 1.60. The number of hydrogen-bond acceptors (Lipinski definition) is 9. The maximum atomic E-state index is 13.3. The summed E-state index contributed by atoms with van der Waals surface area (Å²) in [4.78, 5) is 37.6. The van der Waals surface area contributed by atoms with Crippen LogP contribution in [0.4, 0.5) is 22.1 Å². The predicted molar refractivity (Wildman–Crippen MR) is 143 cm³/mol. The summed E-state index contributed by atoms with van der Waals surface area (Å²) in [5, 5.41) is 15.5. The molecular weight excluding hydrogens is 486 g/mol. The van der Waals surface area contributed by atoms with E-state index in [1.807, 2.05) is 37.1 Å². The van der Waals surface area contributed by atoms with Crippen LogP contribution in [0.5, 0.6) is 0 Å². The quantitative estimate of drug-likeness (QED) is 0.502. The Morgan fingerprint density at radius 1 is 1.39 bits per heavy atom. The van der Waals surface area contributed by atoms with E-state index in [1.54, 1.807) is 25.5 Å². The molecule has 0 saturated carbocycles. The Morgan fingerprint density at radius 2 is 2.24 bits per heavy atom. The first-order chi connectivity index (χ1) is 18.4. The highest BCUT2D eigenvalue weighted by Crippen LogP contribution is 2.29. The van der Waals surface area contributed by atoms with Gasteiger partial charge < -0.3 is 19.7 Å². The number of carbonyl (C=O) groups excluding carboxylic acids is 2. The Morgan fingerprint density at radius 3 is 3.00 bits per heavy atom. The Labute approximate surface area is 221 Å². The molecular formula is C27H31N7O4. The van der Waals surface area contributed by atoms with Crippen molar-refractivity contribution in [1.29, 1.82) is 5.26 Å². The molecule has 2 amide bonds. The third-order valence-electron chi connectivity index (χ3n) is 6.27. The van der Waals surface area contributed by atoms with Gasteiger partial charge in [-0.05, 0) is 50.5 Å². The number of rotatable bonds is 8. The molecule has 4 heterocycles. The van der Waals surface area contributed by atoms with Gasteiger partial charge in [-0.3, -0.25) is 15.0 Å². The van der Waals surface area contributed by atoms with Gasteiger partial charge in [-0.1, -0.05) is 0 Å². The number of urea groups is 1. The Bertz CT molecular complexity index is 1290. The maximum Gasteiger partial charge on any atom is 0.328 e. The van der Waals surface area contributed by atoms with Crippen LogP contribution >= 0.6 is 0 Å². The lowest BCUT2D eigenvalue weighted by molar-refractivity contribution is 0.0351. The number of hydrogen-bond donors (Lipinski definition) is 2. The Kier molecular flexibility index (Phi) is 8.55. The van der Waals surface area contributed by atoms with E-state index in [-0.39, 0.29) is 23.8 Å². The van der Waals surface area contributed by atoms with Gasteiger partial charge >= 0.3 is 6.03 Å². The third kappa shape index (κ3) is 6.10. The van der Waals surface area contributed by atoms with Crippen molar-refractivity contribution in [2.24, 2.45) is 0 Å². The van der Waals surface area contributed by atoms with E-state index in [1.165, 1.54) is 11.1 Å². The lowest BCUT2D eigenvalue weighted by Crippen LogP contribution is -2.40. The summed E-state index contributed by atoms with van der Waals surface area (Å²) in [5.41, 5.74) is 2.83. The first-order valence-electron chi connectivity index (χ1n) is 12.4. The van der Waals surface area contributed by atoms with Crippen molar-refractivity contribution in [3.05, 3.63) is 65.3 Å². The topological polar surface area (TPSA) is 133 Å². The van der Waals surface area contributed by atoms with E-state index in [0.29, 0.717) is 43.1 Å². The minimum atomic E-state index is -0.417. The van der Waals surface area contributed by atoms with Crippen molar-refractivity contribution >= 4 is 29.6 Å². The number of methoxy groups -OCH3 is 1. The fourth-order valence-corrected chi connectivity index (χ4v) is 4.39. The first kappa shape index (κ1) is 26.6. The lowest BCUT2D eigenvalue weighted by atomic mass is 10.0. The van der Waals surface area contributed by atoms with Crippen molar-refractivity contribution in [1.82, 2.24) is 14.9 Å². The summed E-state index contributed by atoms with van der Waals surface area (Å²) in [6.45, 7) is 5.18. The van der Waals surface area contributed by atoms with Crippen molar-refractivity contribution in [3.63, 3.8) is 0 Å². The number of carbonyl (C=O) groups is 2. The molecule has 2 N–H and O–H groups in total. The second-order valence-corrected chi connectivity index (χ2v) is 9.12. The number of nitrogens with one attached hydrogen (secondary N) is 2. The van der Waals surface area contributed by atoms with Gasteiger partial charge in [0.15, 0.2) is 12.5 Å². The zero-order valence-electron chi connectivity index (χ0n) is 21.7. The fraction of sp³-hybridized carbons (Fsp3) is 0.370. The SMILES string of the molecule is COCC(C)Nc1cc(NC(=O)N2CCCc3cc(CN4C=CC=COC4C)c(C=O)nc32)ncc1C#N. The number of aryl methyl sites for hydroxylation is 1. The Balaban J connectivity index is 1.55. The van der Waals surface area contributed by atoms with Crippen LogP contribution in [0.2, 0.25) is 0 Å². The van der Waals surface area contributed by atoms with Crippen molar-refractivity contribution < 1.29 is 19.1 Å². The number of aromatic nitrogens is 2. The average Bonchev–Trinajstić information content (AvgIpc) is 3.11. The molecule has 2 atom stereocenters. The van der Waals surface area contributed by atoms with Crippen LogP contribution in [0.1, 0.15) is 47.4 Å². The van der Waals surface area contributed by atoms with Crippen LogP contribution in [0.3, 0.4) is 0 Å². The van der Waals surface area contributed by atoms with Gasteiger partial charge in [0.1, 0.15) is 23.4 Å². The molecule has 0 spiro atoms. The van der Waals surface area contributed by atoms with Crippen LogP contribution in [0, 0.1) is 11.3 Å². The number of anilines is 3.